The maximum atomic E-state index is 11.7. The van der Waals surface area contributed by atoms with E-state index in [2.05, 4.69) is 15.2 Å². The Morgan fingerprint density at radius 2 is 2.48 bits per heavy atom. The maximum Gasteiger partial charge on any atom is 0.221 e. The average Bonchev–Trinajstić information content (AvgIpc) is 2.51. The molecule has 0 spiro atoms. The fourth-order valence-corrected chi connectivity index (χ4v) is 2.87. The molecule has 1 aliphatic heterocycles. The molecule has 116 valence electrons. The number of nitrogens with zero attached hydrogens (tertiary/aromatic N) is 2. The van der Waals surface area contributed by atoms with Gasteiger partial charge in [-0.2, -0.15) is 11.8 Å². The highest BCUT2D eigenvalue weighted by molar-refractivity contribution is 7.98. The van der Waals surface area contributed by atoms with Gasteiger partial charge >= 0.3 is 0 Å². The van der Waals surface area contributed by atoms with E-state index in [4.69, 9.17) is 0 Å². The standard InChI is InChI=1S/C15H23N3O2S/c1-21-9-6-14(20)17-10-12-4-2-7-16-15(12)18-8-3-5-13(19)11-18/h2,4,7,13,19H,3,5-6,8-11H2,1H3,(H,17,20)/t13-/m1/s1. The summed E-state index contributed by atoms with van der Waals surface area (Å²) >= 11 is 1.67. The Hall–Kier alpha value is -1.27. The molecule has 0 aliphatic carbocycles. The topological polar surface area (TPSA) is 65.5 Å². The van der Waals surface area contributed by atoms with Gasteiger partial charge in [0.05, 0.1) is 6.10 Å². The van der Waals surface area contributed by atoms with Gasteiger partial charge in [0.15, 0.2) is 0 Å². The zero-order valence-corrected chi connectivity index (χ0v) is 13.2. The van der Waals surface area contributed by atoms with Crippen LogP contribution >= 0.6 is 11.8 Å². The third-order valence-electron chi connectivity index (χ3n) is 3.57. The number of piperidine rings is 1. The molecule has 0 bridgehead atoms. The third kappa shape index (κ3) is 4.89. The lowest BCUT2D eigenvalue weighted by Gasteiger charge is -2.32. The zero-order chi connectivity index (χ0) is 15.1. The number of aliphatic hydroxyl groups excluding tert-OH is 1. The molecular weight excluding hydrogens is 286 g/mol. The quantitative estimate of drug-likeness (QED) is 0.832. The first-order valence-corrected chi connectivity index (χ1v) is 8.72. The first-order chi connectivity index (χ1) is 10.2. The van der Waals surface area contributed by atoms with E-state index >= 15 is 0 Å². The molecule has 1 aromatic rings. The Balaban J connectivity index is 1.98. The third-order valence-corrected chi connectivity index (χ3v) is 4.19. The van der Waals surface area contributed by atoms with Gasteiger partial charge in [0, 0.05) is 43.6 Å². The van der Waals surface area contributed by atoms with E-state index in [1.54, 1.807) is 18.0 Å². The number of hydrogen-bond acceptors (Lipinski definition) is 5. The van der Waals surface area contributed by atoms with Crippen molar-refractivity contribution in [1.82, 2.24) is 10.3 Å². The van der Waals surface area contributed by atoms with Gasteiger partial charge in [-0.25, -0.2) is 4.98 Å². The van der Waals surface area contributed by atoms with Crippen LogP contribution < -0.4 is 10.2 Å². The van der Waals surface area contributed by atoms with E-state index in [1.165, 1.54) is 0 Å². The van der Waals surface area contributed by atoms with Crippen LogP contribution in [0.15, 0.2) is 18.3 Å². The van der Waals surface area contributed by atoms with E-state index in [0.29, 0.717) is 19.5 Å². The van der Waals surface area contributed by atoms with Crippen LogP contribution in [0, 0.1) is 0 Å². The number of nitrogens with one attached hydrogen (secondary N) is 1. The van der Waals surface area contributed by atoms with Crippen LogP contribution in [-0.2, 0) is 11.3 Å². The van der Waals surface area contributed by atoms with Crippen LogP contribution in [0.5, 0.6) is 0 Å². The number of β-amino-alcohol motifs (C(OH)–C–C–N with tert-alkyl or cyclic N) is 1. The minimum Gasteiger partial charge on any atom is -0.391 e. The summed E-state index contributed by atoms with van der Waals surface area (Å²) in [4.78, 5) is 18.3. The number of aromatic nitrogens is 1. The van der Waals surface area contributed by atoms with E-state index < -0.39 is 0 Å². The lowest BCUT2D eigenvalue weighted by molar-refractivity contribution is -0.120. The van der Waals surface area contributed by atoms with Crippen molar-refractivity contribution in [3.63, 3.8) is 0 Å². The summed E-state index contributed by atoms with van der Waals surface area (Å²) < 4.78 is 0. The van der Waals surface area contributed by atoms with Gasteiger partial charge in [0.1, 0.15) is 5.82 Å². The summed E-state index contributed by atoms with van der Waals surface area (Å²) in [6, 6.07) is 3.87. The molecule has 5 nitrogen and oxygen atoms in total. The van der Waals surface area contributed by atoms with Crippen molar-refractivity contribution in [2.45, 2.75) is 31.9 Å². The molecule has 0 saturated carbocycles. The number of aliphatic hydroxyl groups is 1. The van der Waals surface area contributed by atoms with Gasteiger partial charge in [0.2, 0.25) is 5.91 Å². The summed E-state index contributed by atoms with van der Waals surface area (Å²) in [6.07, 6.45) is 5.83. The molecule has 2 N–H and O–H groups in total. The summed E-state index contributed by atoms with van der Waals surface area (Å²) in [5, 5.41) is 12.7. The van der Waals surface area contributed by atoms with Crippen LogP contribution in [0.3, 0.4) is 0 Å². The Kier molecular flexibility index (Phi) is 6.32. The number of pyridine rings is 1. The summed E-state index contributed by atoms with van der Waals surface area (Å²) in [5.74, 6) is 1.78. The number of anilines is 1. The molecule has 1 aromatic heterocycles. The monoisotopic (exact) mass is 309 g/mol. The molecule has 1 fully saturated rings. The molecule has 1 aliphatic rings. The van der Waals surface area contributed by atoms with Crippen LogP contribution in [0.4, 0.5) is 5.82 Å². The molecule has 0 unspecified atom stereocenters. The summed E-state index contributed by atoms with van der Waals surface area (Å²) in [5.41, 5.74) is 1.00. The largest absolute Gasteiger partial charge is 0.391 e. The number of thioether (sulfide) groups is 1. The van der Waals surface area contributed by atoms with Crippen molar-refractivity contribution in [3.05, 3.63) is 23.9 Å². The van der Waals surface area contributed by atoms with E-state index in [9.17, 15) is 9.90 Å². The predicted molar refractivity (Wildman–Crippen MR) is 86.5 cm³/mol. The Morgan fingerprint density at radius 1 is 1.62 bits per heavy atom. The normalized spacial score (nSPS) is 18.6. The second kappa shape index (κ2) is 8.24. The maximum absolute atomic E-state index is 11.7. The fraction of sp³-hybridized carbons (Fsp3) is 0.600. The first kappa shape index (κ1) is 16.1. The Morgan fingerprint density at radius 3 is 3.24 bits per heavy atom. The predicted octanol–water partition coefficient (Wildman–Crippen LogP) is 1.41. The molecular formula is C15H23N3O2S. The highest BCUT2D eigenvalue weighted by Crippen LogP contribution is 2.21. The number of carbonyl (C=O) groups is 1. The average molecular weight is 309 g/mol. The van der Waals surface area contributed by atoms with E-state index in [0.717, 1.165) is 36.5 Å². The summed E-state index contributed by atoms with van der Waals surface area (Å²) in [6.45, 7) is 2.01. The second-order valence-electron chi connectivity index (χ2n) is 5.25. The Bertz CT molecular complexity index is 470. The highest BCUT2D eigenvalue weighted by atomic mass is 32.2. The second-order valence-corrected chi connectivity index (χ2v) is 6.23. The van der Waals surface area contributed by atoms with Crippen molar-refractivity contribution in [2.24, 2.45) is 0 Å². The molecule has 6 heteroatoms. The SMILES string of the molecule is CSCCC(=O)NCc1cccnc1N1CCC[C@@H](O)C1. The van der Waals surface area contributed by atoms with Crippen LogP contribution in [0.1, 0.15) is 24.8 Å². The van der Waals surface area contributed by atoms with Crippen molar-refractivity contribution in [3.8, 4) is 0 Å². The van der Waals surface area contributed by atoms with E-state index in [1.807, 2.05) is 18.4 Å². The van der Waals surface area contributed by atoms with Gasteiger partial charge in [-0.15, -0.1) is 0 Å². The number of amides is 1. The number of hydrogen-bond donors (Lipinski definition) is 2. The van der Waals surface area contributed by atoms with Crippen LogP contribution in [0.2, 0.25) is 0 Å². The molecule has 0 radical (unpaired) electrons. The van der Waals surface area contributed by atoms with Gasteiger partial charge < -0.3 is 15.3 Å². The van der Waals surface area contributed by atoms with E-state index in [-0.39, 0.29) is 12.0 Å². The van der Waals surface area contributed by atoms with Gasteiger partial charge in [-0.1, -0.05) is 6.07 Å². The molecule has 0 aromatic carbocycles. The van der Waals surface area contributed by atoms with Crippen molar-refractivity contribution < 1.29 is 9.90 Å². The molecule has 1 saturated heterocycles. The molecule has 21 heavy (non-hydrogen) atoms. The molecule has 2 heterocycles. The smallest absolute Gasteiger partial charge is 0.221 e. The minimum atomic E-state index is -0.287. The number of rotatable bonds is 6. The van der Waals surface area contributed by atoms with Gasteiger partial charge in [-0.05, 0) is 25.2 Å². The fourth-order valence-electron chi connectivity index (χ4n) is 2.48. The van der Waals surface area contributed by atoms with Crippen molar-refractivity contribution in [2.75, 3.05) is 30.0 Å². The van der Waals surface area contributed by atoms with Crippen molar-refractivity contribution in [1.29, 1.82) is 0 Å². The molecule has 2 rings (SSSR count). The first-order valence-electron chi connectivity index (χ1n) is 7.33. The van der Waals surface area contributed by atoms with Gasteiger partial charge in [0.25, 0.3) is 0 Å². The highest BCUT2D eigenvalue weighted by Gasteiger charge is 2.20. The lowest BCUT2D eigenvalue weighted by Crippen LogP contribution is -2.39. The lowest BCUT2D eigenvalue weighted by atomic mass is 10.1. The summed E-state index contributed by atoms with van der Waals surface area (Å²) in [7, 11) is 0. The zero-order valence-electron chi connectivity index (χ0n) is 12.4. The minimum absolute atomic E-state index is 0.0674. The van der Waals surface area contributed by atoms with Crippen LogP contribution in [0.25, 0.3) is 0 Å². The van der Waals surface area contributed by atoms with Gasteiger partial charge in [-0.3, -0.25) is 4.79 Å². The molecule has 1 amide bonds. The molecule has 1 atom stereocenters. The number of carbonyl (C=O) groups excluding carboxylic acids is 1. The van der Waals surface area contributed by atoms with Crippen molar-refractivity contribution >= 4 is 23.5 Å². The Labute approximate surface area is 130 Å². The van der Waals surface area contributed by atoms with Crippen LogP contribution in [-0.4, -0.2) is 47.2 Å².